The maximum atomic E-state index is 14.0. The lowest BCUT2D eigenvalue weighted by atomic mass is 9.84. The third-order valence-corrected chi connectivity index (χ3v) is 5.65. The molecule has 0 radical (unpaired) electrons. The molecule has 2 fully saturated rings. The Morgan fingerprint density at radius 3 is 2.81 bits per heavy atom. The van der Waals surface area contributed by atoms with Gasteiger partial charge in [0.15, 0.2) is 0 Å². The molecule has 6 heteroatoms. The average molecular weight is 371 g/mol. The molecule has 2 aromatic rings. The van der Waals surface area contributed by atoms with Crippen molar-refractivity contribution in [3.63, 3.8) is 0 Å². The van der Waals surface area contributed by atoms with Crippen LogP contribution < -0.4 is 0 Å². The Labute approximate surface area is 159 Å². The number of imidazole rings is 1. The van der Waals surface area contributed by atoms with E-state index in [4.69, 9.17) is 4.74 Å². The number of rotatable bonds is 7. The number of benzene rings is 1. The maximum Gasteiger partial charge on any atom is 0.226 e. The summed E-state index contributed by atoms with van der Waals surface area (Å²) in [6.45, 7) is 2.24. The van der Waals surface area contributed by atoms with Crippen LogP contribution >= 0.6 is 0 Å². The van der Waals surface area contributed by atoms with Crippen molar-refractivity contribution in [1.29, 1.82) is 0 Å². The molecule has 1 amide bonds. The van der Waals surface area contributed by atoms with Crippen LogP contribution in [-0.4, -0.2) is 39.6 Å². The molecule has 1 saturated heterocycles. The Balaban J connectivity index is 1.49. The van der Waals surface area contributed by atoms with E-state index in [1.165, 1.54) is 6.07 Å². The van der Waals surface area contributed by atoms with Crippen LogP contribution in [0.2, 0.25) is 0 Å². The minimum absolute atomic E-state index is 0.115. The van der Waals surface area contributed by atoms with Crippen LogP contribution in [0.3, 0.4) is 0 Å². The lowest BCUT2D eigenvalue weighted by Gasteiger charge is -2.33. The molecular weight excluding hydrogens is 345 g/mol. The van der Waals surface area contributed by atoms with Gasteiger partial charge in [0.05, 0.1) is 19.2 Å². The standard InChI is InChI=1S/C21H26FN3O2/c22-19-9-2-1-5-17(19)13-24-11-10-23-20(24)15-25(14-18-8-4-12-27-18)21(26)16-6-3-7-16/h1-2,5,9-11,16,18H,3-4,6-8,12-15H2. The summed E-state index contributed by atoms with van der Waals surface area (Å²) >= 11 is 0. The van der Waals surface area contributed by atoms with Gasteiger partial charge in [0.25, 0.3) is 0 Å². The first-order valence-corrected chi connectivity index (χ1v) is 9.84. The number of halogens is 1. The highest BCUT2D eigenvalue weighted by atomic mass is 19.1. The maximum absolute atomic E-state index is 14.0. The van der Waals surface area contributed by atoms with Gasteiger partial charge in [-0.25, -0.2) is 9.37 Å². The summed E-state index contributed by atoms with van der Waals surface area (Å²) in [5.41, 5.74) is 0.618. The number of carbonyl (C=O) groups excluding carboxylic acids is 1. The van der Waals surface area contributed by atoms with Crippen LogP contribution in [0.1, 0.15) is 43.5 Å². The SMILES string of the molecule is O=C(C1CCC1)N(Cc1nccn1Cc1ccccc1F)CC1CCCO1. The van der Waals surface area contributed by atoms with E-state index < -0.39 is 0 Å². The van der Waals surface area contributed by atoms with Crippen LogP contribution in [0, 0.1) is 11.7 Å². The lowest BCUT2D eigenvalue weighted by Crippen LogP contribution is -2.42. The number of ether oxygens (including phenoxy) is 1. The molecule has 0 spiro atoms. The normalized spacial score (nSPS) is 19.8. The molecule has 1 unspecified atom stereocenters. The van der Waals surface area contributed by atoms with Crippen LogP contribution in [0.5, 0.6) is 0 Å². The second-order valence-electron chi connectivity index (χ2n) is 7.54. The van der Waals surface area contributed by atoms with Gasteiger partial charge in [0, 0.05) is 37.0 Å². The first kappa shape index (κ1) is 18.2. The Kier molecular flexibility index (Phi) is 5.53. The van der Waals surface area contributed by atoms with Crippen molar-refractivity contribution in [3.05, 3.63) is 53.9 Å². The van der Waals surface area contributed by atoms with E-state index in [9.17, 15) is 9.18 Å². The van der Waals surface area contributed by atoms with E-state index in [1.807, 2.05) is 21.7 Å². The summed E-state index contributed by atoms with van der Waals surface area (Å²) in [5, 5.41) is 0. The molecule has 1 aromatic carbocycles. The Morgan fingerprint density at radius 2 is 2.11 bits per heavy atom. The number of aromatic nitrogens is 2. The second-order valence-corrected chi connectivity index (χ2v) is 7.54. The topological polar surface area (TPSA) is 47.4 Å². The molecule has 144 valence electrons. The summed E-state index contributed by atoms with van der Waals surface area (Å²) in [7, 11) is 0. The highest BCUT2D eigenvalue weighted by Crippen LogP contribution is 2.29. The molecule has 0 bridgehead atoms. The predicted molar refractivity (Wildman–Crippen MR) is 99.5 cm³/mol. The van der Waals surface area contributed by atoms with Crippen molar-refractivity contribution in [2.75, 3.05) is 13.2 Å². The van der Waals surface area contributed by atoms with Crippen molar-refractivity contribution in [2.45, 2.75) is 51.3 Å². The molecule has 4 rings (SSSR count). The molecule has 5 nitrogen and oxygen atoms in total. The minimum Gasteiger partial charge on any atom is -0.376 e. The van der Waals surface area contributed by atoms with Gasteiger partial charge in [0.2, 0.25) is 5.91 Å². The zero-order valence-corrected chi connectivity index (χ0v) is 15.5. The van der Waals surface area contributed by atoms with Crippen molar-refractivity contribution in [2.24, 2.45) is 5.92 Å². The molecule has 2 heterocycles. The van der Waals surface area contributed by atoms with Crippen molar-refractivity contribution in [3.8, 4) is 0 Å². The van der Waals surface area contributed by atoms with E-state index in [1.54, 1.807) is 18.3 Å². The first-order valence-electron chi connectivity index (χ1n) is 9.84. The van der Waals surface area contributed by atoms with Gasteiger partial charge in [0.1, 0.15) is 11.6 Å². The van der Waals surface area contributed by atoms with Gasteiger partial charge < -0.3 is 14.2 Å². The van der Waals surface area contributed by atoms with Crippen molar-refractivity contribution < 1.29 is 13.9 Å². The average Bonchev–Trinajstić information content (AvgIpc) is 3.27. The Bertz CT molecular complexity index is 781. The van der Waals surface area contributed by atoms with Gasteiger partial charge in [-0.15, -0.1) is 0 Å². The van der Waals surface area contributed by atoms with Crippen LogP contribution in [0.25, 0.3) is 0 Å². The predicted octanol–water partition coefficient (Wildman–Crippen LogP) is 3.38. The first-order chi connectivity index (χ1) is 13.2. The highest BCUT2D eigenvalue weighted by molar-refractivity contribution is 5.79. The zero-order valence-electron chi connectivity index (χ0n) is 15.5. The molecule has 27 heavy (non-hydrogen) atoms. The zero-order chi connectivity index (χ0) is 18.6. The minimum atomic E-state index is -0.223. The van der Waals surface area contributed by atoms with Gasteiger partial charge >= 0.3 is 0 Å². The number of hydrogen-bond acceptors (Lipinski definition) is 3. The smallest absolute Gasteiger partial charge is 0.226 e. The Hall–Kier alpha value is -2.21. The van der Waals surface area contributed by atoms with E-state index in [2.05, 4.69) is 4.98 Å². The van der Waals surface area contributed by atoms with Crippen LogP contribution in [-0.2, 0) is 22.6 Å². The fourth-order valence-corrected chi connectivity index (χ4v) is 3.80. The third-order valence-electron chi connectivity index (χ3n) is 5.65. The van der Waals surface area contributed by atoms with Crippen molar-refractivity contribution in [1.82, 2.24) is 14.5 Å². The largest absolute Gasteiger partial charge is 0.376 e. The van der Waals surface area contributed by atoms with Gasteiger partial charge in [-0.3, -0.25) is 4.79 Å². The molecular formula is C21H26FN3O2. The molecule has 1 aliphatic heterocycles. The van der Waals surface area contributed by atoms with Crippen molar-refractivity contribution >= 4 is 5.91 Å². The third kappa shape index (κ3) is 4.21. The molecule has 1 atom stereocenters. The van der Waals surface area contributed by atoms with Crippen LogP contribution in [0.15, 0.2) is 36.7 Å². The van der Waals surface area contributed by atoms with E-state index >= 15 is 0 Å². The van der Waals surface area contributed by atoms with E-state index in [-0.39, 0.29) is 23.7 Å². The van der Waals surface area contributed by atoms with Gasteiger partial charge in [-0.05, 0) is 31.7 Å². The molecule has 0 N–H and O–H groups in total. The molecule has 1 aromatic heterocycles. The fourth-order valence-electron chi connectivity index (χ4n) is 3.80. The highest BCUT2D eigenvalue weighted by Gasteiger charge is 2.32. The summed E-state index contributed by atoms with van der Waals surface area (Å²) in [6.07, 6.45) is 8.81. The summed E-state index contributed by atoms with van der Waals surface area (Å²) in [4.78, 5) is 19.3. The van der Waals surface area contributed by atoms with Gasteiger partial charge in [-0.2, -0.15) is 0 Å². The number of carbonyl (C=O) groups is 1. The number of hydrogen-bond donors (Lipinski definition) is 0. The Morgan fingerprint density at radius 1 is 1.26 bits per heavy atom. The van der Waals surface area contributed by atoms with Crippen LogP contribution in [0.4, 0.5) is 4.39 Å². The second kappa shape index (κ2) is 8.21. The summed E-state index contributed by atoms with van der Waals surface area (Å²) in [5.74, 6) is 0.904. The molecule has 1 saturated carbocycles. The number of amides is 1. The molecule has 1 aliphatic carbocycles. The lowest BCUT2D eigenvalue weighted by molar-refractivity contribution is -0.140. The van der Waals surface area contributed by atoms with Gasteiger partial charge in [-0.1, -0.05) is 24.6 Å². The summed E-state index contributed by atoms with van der Waals surface area (Å²) in [6, 6.07) is 6.77. The quantitative estimate of drug-likeness (QED) is 0.750. The monoisotopic (exact) mass is 371 g/mol. The fraction of sp³-hybridized carbons (Fsp3) is 0.524. The van der Waals surface area contributed by atoms with E-state index in [0.29, 0.717) is 25.2 Å². The number of nitrogens with zero attached hydrogens (tertiary/aromatic N) is 3. The molecule has 2 aliphatic rings. The summed E-state index contributed by atoms with van der Waals surface area (Å²) < 4.78 is 21.7. The van der Waals surface area contributed by atoms with E-state index in [0.717, 1.165) is 44.5 Å².